The Hall–Kier alpha value is -3.96. The summed E-state index contributed by atoms with van der Waals surface area (Å²) in [6.07, 6.45) is 5.61. The van der Waals surface area contributed by atoms with E-state index in [1.165, 1.54) is 0 Å². The second-order valence-electron chi connectivity index (χ2n) is 14.0. The highest BCUT2D eigenvalue weighted by atomic mass is 19.1. The number of aryl methyl sites for hydroxylation is 1. The van der Waals surface area contributed by atoms with E-state index in [-0.39, 0.29) is 30.0 Å². The average Bonchev–Trinajstić information content (AvgIpc) is 3.57. The summed E-state index contributed by atoms with van der Waals surface area (Å²) in [4.78, 5) is 31.7. The first-order valence-electron chi connectivity index (χ1n) is 16.8. The lowest BCUT2D eigenvalue weighted by molar-refractivity contribution is 0.0237. The van der Waals surface area contributed by atoms with Gasteiger partial charge in [-0.2, -0.15) is 0 Å². The standard InChI is InChI=1S/C36H40F2N6O3/c1-35-12-5-14-43(21-35)33-27-18-39-31(26-11-3-9-23-7-2-8-24(29(23)26)10-4-16-47-34(45)42-35)30(38)32(27)40-28(41-33)20-46-22-36-13-6-15-44(36)19-25(37)17-36/h2-3,7-9,11,18,25H,4-6,10,12-17,19-22H2,1H3,(H,42,45)/t25-,35-,36+/m1/s1. The van der Waals surface area contributed by atoms with Crippen LogP contribution in [0.1, 0.15) is 56.8 Å². The zero-order valence-corrected chi connectivity index (χ0v) is 26.7. The van der Waals surface area contributed by atoms with Crippen molar-refractivity contribution in [3.63, 3.8) is 0 Å². The molecule has 0 radical (unpaired) electrons. The van der Waals surface area contributed by atoms with Crippen molar-refractivity contribution in [3.05, 3.63) is 59.8 Å². The van der Waals surface area contributed by atoms with E-state index in [1.54, 1.807) is 6.20 Å². The summed E-state index contributed by atoms with van der Waals surface area (Å²) < 4.78 is 43.2. The summed E-state index contributed by atoms with van der Waals surface area (Å²) in [5, 5.41) is 5.50. The summed E-state index contributed by atoms with van der Waals surface area (Å²) in [6.45, 7) is 5.18. The largest absolute Gasteiger partial charge is 0.450 e. The number of piperidine rings is 1. The number of amides is 1. The Labute approximate surface area is 272 Å². The summed E-state index contributed by atoms with van der Waals surface area (Å²) in [7, 11) is 0. The van der Waals surface area contributed by atoms with Crippen molar-refractivity contribution < 1.29 is 23.0 Å². The second kappa shape index (κ2) is 11.9. The van der Waals surface area contributed by atoms with Gasteiger partial charge in [0.15, 0.2) is 11.6 Å². The first kappa shape index (κ1) is 30.4. The summed E-state index contributed by atoms with van der Waals surface area (Å²) >= 11 is 0. The van der Waals surface area contributed by atoms with Gasteiger partial charge >= 0.3 is 6.09 Å². The molecule has 1 N–H and O–H groups in total. The minimum Gasteiger partial charge on any atom is -0.450 e. The van der Waals surface area contributed by atoms with Gasteiger partial charge in [-0.25, -0.2) is 23.5 Å². The fraction of sp³-hybridized carbons (Fsp3) is 0.500. The Bertz CT molecular complexity index is 1850. The molecule has 11 heteroatoms. The number of aromatic nitrogens is 3. The van der Waals surface area contributed by atoms with E-state index in [2.05, 4.69) is 15.1 Å². The van der Waals surface area contributed by atoms with Crippen molar-refractivity contribution in [2.24, 2.45) is 0 Å². The van der Waals surface area contributed by atoms with Crippen molar-refractivity contribution in [2.45, 2.75) is 75.7 Å². The van der Waals surface area contributed by atoms with Crippen LogP contribution in [0.25, 0.3) is 32.9 Å². The molecule has 5 aliphatic rings. The number of fused-ring (bicyclic) bond motifs is 7. The number of nitrogens with one attached hydrogen (secondary N) is 1. The van der Waals surface area contributed by atoms with Crippen molar-refractivity contribution in [3.8, 4) is 11.3 Å². The third-order valence-corrected chi connectivity index (χ3v) is 10.5. The predicted molar refractivity (Wildman–Crippen MR) is 176 cm³/mol. The molecule has 6 bridgehead atoms. The zero-order chi connectivity index (χ0) is 32.2. The minimum absolute atomic E-state index is 0.0701. The van der Waals surface area contributed by atoms with Crippen LogP contribution in [0.2, 0.25) is 0 Å². The number of nitrogens with zero attached hydrogens (tertiary/aromatic N) is 5. The highest BCUT2D eigenvalue weighted by Crippen LogP contribution is 2.41. The first-order chi connectivity index (χ1) is 22.8. The number of alkyl halides is 1. The molecule has 0 unspecified atom stereocenters. The van der Waals surface area contributed by atoms with Crippen LogP contribution in [0.3, 0.4) is 0 Å². The minimum atomic E-state index is -0.846. The molecule has 2 aromatic heterocycles. The molecule has 0 saturated carbocycles. The number of carbonyl (C=O) groups excluding carboxylic acids is 1. The molecular weight excluding hydrogens is 602 g/mol. The van der Waals surface area contributed by atoms with Crippen LogP contribution in [0.5, 0.6) is 0 Å². The van der Waals surface area contributed by atoms with Gasteiger partial charge in [0.2, 0.25) is 0 Å². The molecule has 246 valence electrons. The molecule has 5 aliphatic heterocycles. The van der Waals surface area contributed by atoms with E-state index in [1.807, 2.05) is 43.3 Å². The number of hydrogen-bond donors (Lipinski definition) is 1. The van der Waals surface area contributed by atoms with E-state index >= 15 is 4.39 Å². The Kier molecular flexibility index (Phi) is 7.71. The number of pyridine rings is 1. The molecule has 9 nitrogen and oxygen atoms in total. The van der Waals surface area contributed by atoms with Crippen molar-refractivity contribution in [1.29, 1.82) is 0 Å². The van der Waals surface area contributed by atoms with Gasteiger partial charge in [0, 0.05) is 43.4 Å². The lowest BCUT2D eigenvalue weighted by atomic mass is 9.91. The summed E-state index contributed by atoms with van der Waals surface area (Å²) in [6, 6.07) is 11.9. The molecule has 1 amide bonds. The van der Waals surface area contributed by atoms with Gasteiger partial charge in [-0.15, -0.1) is 0 Å². The van der Waals surface area contributed by atoms with Gasteiger partial charge in [-0.3, -0.25) is 9.88 Å². The number of benzene rings is 2. The smallest absolute Gasteiger partial charge is 0.407 e. The molecule has 0 aliphatic carbocycles. The van der Waals surface area contributed by atoms with Crippen LogP contribution >= 0.6 is 0 Å². The van der Waals surface area contributed by atoms with E-state index in [4.69, 9.17) is 24.4 Å². The van der Waals surface area contributed by atoms with Crippen molar-refractivity contribution >= 4 is 33.6 Å². The normalized spacial score (nSPS) is 26.5. The number of hydrogen-bond acceptors (Lipinski definition) is 8. The molecule has 3 saturated heterocycles. The lowest BCUT2D eigenvalue weighted by Crippen LogP contribution is -2.57. The maximum Gasteiger partial charge on any atom is 0.407 e. The molecule has 47 heavy (non-hydrogen) atoms. The van der Waals surface area contributed by atoms with E-state index in [9.17, 15) is 9.18 Å². The topological polar surface area (TPSA) is 92.7 Å². The number of alkyl carbamates (subject to hydrolysis) is 1. The molecule has 3 fully saturated rings. The van der Waals surface area contributed by atoms with Gasteiger partial charge in [0.05, 0.1) is 24.1 Å². The third kappa shape index (κ3) is 5.57. The number of rotatable bonds is 4. The molecule has 3 atom stereocenters. The number of ether oxygens (including phenoxy) is 2. The summed E-state index contributed by atoms with van der Waals surface area (Å²) in [5.41, 5.74) is 1.25. The Morgan fingerprint density at radius 1 is 1.11 bits per heavy atom. The summed E-state index contributed by atoms with van der Waals surface area (Å²) in [5.74, 6) is 0.406. The van der Waals surface area contributed by atoms with Gasteiger partial charge in [-0.05, 0) is 68.3 Å². The number of carbonyl (C=O) groups is 1. The van der Waals surface area contributed by atoms with Gasteiger partial charge in [0.25, 0.3) is 0 Å². The van der Waals surface area contributed by atoms with Crippen LogP contribution in [0, 0.1) is 5.82 Å². The SMILES string of the molecule is C[C@@]12CCCN(C1)c1nc(COC[C@@]34CCCN3C[C@H](F)C4)nc3c(F)c(ncc13)-c1cccc3cccc(c13)CCCOC(=O)N2. The van der Waals surface area contributed by atoms with Crippen LogP contribution in [-0.4, -0.2) is 82.6 Å². The average molecular weight is 643 g/mol. The molecule has 9 rings (SSSR count). The molecule has 2 aromatic carbocycles. The van der Waals surface area contributed by atoms with Crippen LogP contribution < -0.4 is 10.2 Å². The third-order valence-electron chi connectivity index (χ3n) is 10.5. The fourth-order valence-electron chi connectivity index (χ4n) is 8.42. The Morgan fingerprint density at radius 2 is 1.96 bits per heavy atom. The fourth-order valence-corrected chi connectivity index (χ4v) is 8.42. The second-order valence-corrected chi connectivity index (χ2v) is 14.0. The van der Waals surface area contributed by atoms with Crippen LogP contribution in [0.4, 0.5) is 19.4 Å². The van der Waals surface area contributed by atoms with Gasteiger partial charge in [-0.1, -0.05) is 36.4 Å². The van der Waals surface area contributed by atoms with Crippen LogP contribution in [-0.2, 0) is 22.5 Å². The zero-order valence-electron chi connectivity index (χ0n) is 26.7. The van der Waals surface area contributed by atoms with Crippen molar-refractivity contribution in [1.82, 2.24) is 25.2 Å². The highest BCUT2D eigenvalue weighted by molar-refractivity contribution is 6.00. The van der Waals surface area contributed by atoms with E-state index in [0.717, 1.165) is 48.6 Å². The van der Waals surface area contributed by atoms with Crippen LogP contribution in [0.15, 0.2) is 42.6 Å². The number of anilines is 1. The molecule has 4 aromatic rings. The quantitative estimate of drug-likeness (QED) is 0.285. The van der Waals surface area contributed by atoms with Gasteiger partial charge < -0.3 is 19.7 Å². The first-order valence-corrected chi connectivity index (χ1v) is 16.8. The maximum absolute atomic E-state index is 16.9. The monoisotopic (exact) mass is 642 g/mol. The Balaban J connectivity index is 1.24. The lowest BCUT2D eigenvalue weighted by Gasteiger charge is -2.41. The molecular formula is C36H40F2N6O3. The van der Waals surface area contributed by atoms with Gasteiger partial charge in [0.1, 0.15) is 29.8 Å². The maximum atomic E-state index is 16.9. The Morgan fingerprint density at radius 3 is 2.85 bits per heavy atom. The van der Waals surface area contributed by atoms with E-state index in [0.29, 0.717) is 68.1 Å². The number of halogens is 2. The van der Waals surface area contributed by atoms with E-state index < -0.39 is 23.6 Å². The molecule has 7 heterocycles. The highest BCUT2D eigenvalue weighted by Gasteiger charge is 2.48. The van der Waals surface area contributed by atoms with Crippen molar-refractivity contribution in [2.75, 3.05) is 44.3 Å². The predicted octanol–water partition coefficient (Wildman–Crippen LogP) is 6.11. The molecule has 0 spiro atoms.